The molecule has 0 spiro atoms. The van der Waals surface area contributed by atoms with Gasteiger partial charge in [-0.3, -0.25) is 0 Å². The largest absolute Gasteiger partial charge is 0.0654 e. The third-order valence-corrected chi connectivity index (χ3v) is 5.52. The molecule has 0 aliphatic rings. The minimum Gasteiger partial charge on any atom is -0.0654 e. The predicted molar refractivity (Wildman–Crippen MR) is 117 cm³/mol. The lowest BCUT2D eigenvalue weighted by Crippen LogP contribution is -1.85. The van der Waals surface area contributed by atoms with E-state index in [0.29, 0.717) is 0 Å². The van der Waals surface area contributed by atoms with E-state index in [-0.39, 0.29) is 0 Å². The van der Waals surface area contributed by atoms with E-state index < -0.39 is 0 Å². The lowest BCUT2D eigenvalue weighted by atomic mass is 10.0. The van der Waals surface area contributed by atoms with Crippen molar-refractivity contribution in [2.45, 2.75) is 155 Å². The van der Waals surface area contributed by atoms with Gasteiger partial charge in [0, 0.05) is 0 Å². The summed E-state index contributed by atoms with van der Waals surface area (Å²) < 4.78 is 0. The van der Waals surface area contributed by atoms with Gasteiger partial charge in [-0.25, -0.2) is 0 Å². The Kier molecular flexibility index (Phi) is 24.0. The highest BCUT2D eigenvalue weighted by atomic mass is 14.0. The molecule has 0 fully saturated rings. The van der Waals surface area contributed by atoms with Crippen molar-refractivity contribution in [1.82, 2.24) is 0 Å². The van der Waals surface area contributed by atoms with Crippen LogP contribution < -0.4 is 0 Å². The first-order valence-electron chi connectivity index (χ1n) is 12.2. The van der Waals surface area contributed by atoms with E-state index in [2.05, 4.69) is 20.3 Å². The smallest absolute Gasteiger partial charge is 0.0386 e. The molecule has 0 saturated heterocycles. The molecule has 0 rings (SSSR count). The molecule has 0 nitrogen and oxygen atoms in total. The lowest BCUT2D eigenvalue weighted by Gasteiger charge is -2.04. The Balaban J connectivity index is 2.94. The van der Waals surface area contributed by atoms with Crippen LogP contribution in [0.1, 0.15) is 155 Å². The predicted octanol–water partition coefficient (Wildman–Crippen LogP) is 9.81. The van der Waals surface area contributed by atoms with Crippen LogP contribution in [0.5, 0.6) is 0 Å². The molecule has 0 heterocycles. The SMILES string of the molecule is CCCCCCCCC[CH]CCCCCCCCCCCCCCC. The van der Waals surface area contributed by atoms with Gasteiger partial charge in [-0.15, -0.1) is 0 Å². The Morgan fingerprint density at radius 2 is 0.560 bits per heavy atom. The molecular weight excluding hydrogens is 300 g/mol. The summed E-state index contributed by atoms with van der Waals surface area (Å²) in [5, 5.41) is 0. The van der Waals surface area contributed by atoms with E-state index in [1.807, 2.05) is 0 Å². The normalized spacial score (nSPS) is 11.3. The van der Waals surface area contributed by atoms with Crippen molar-refractivity contribution in [2.75, 3.05) is 0 Å². The summed E-state index contributed by atoms with van der Waals surface area (Å²) in [6.45, 7) is 4.60. The monoisotopic (exact) mass is 351 g/mol. The molecule has 0 aliphatic carbocycles. The van der Waals surface area contributed by atoms with Gasteiger partial charge in [0.2, 0.25) is 0 Å². The van der Waals surface area contributed by atoms with Gasteiger partial charge in [0.15, 0.2) is 0 Å². The number of hydrogen-bond donors (Lipinski definition) is 0. The highest BCUT2D eigenvalue weighted by molar-refractivity contribution is 4.64. The Labute approximate surface area is 161 Å². The van der Waals surface area contributed by atoms with Gasteiger partial charge in [-0.05, 0) is 6.42 Å². The Morgan fingerprint density at radius 3 is 0.840 bits per heavy atom. The quantitative estimate of drug-likeness (QED) is 0.170. The van der Waals surface area contributed by atoms with Gasteiger partial charge in [-0.1, -0.05) is 155 Å². The number of rotatable bonds is 22. The van der Waals surface area contributed by atoms with Crippen LogP contribution in [0.2, 0.25) is 0 Å². The van der Waals surface area contributed by atoms with Crippen molar-refractivity contribution in [2.24, 2.45) is 0 Å². The average molecular weight is 352 g/mol. The molecule has 0 atom stereocenters. The highest BCUT2D eigenvalue weighted by Gasteiger charge is 1.95. The summed E-state index contributed by atoms with van der Waals surface area (Å²) >= 11 is 0. The first-order valence-corrected chi connectivity index (χ1v) is 12.2. The van der Waals surface area contributed by atoms with Crippen LogP contribution in [0, 0.1) is 6.42 Å². The zero-order valence-corrected chi connectivity index (χ0v) is 18.1. The second-order valence-electron chi connectivity index (χ2n) is 8.23. The van der Waals surface area contributed by atoms with Gasteiger partial charge >= 0.3 is 0 Å². The maximum absolute atomic E-state index is 2.56. The molecule has 25 heavy (non-hydrogen) atoms. The third kappa shape index (κ3) is 24.0. The molecule has 0 unspecified atom stereocenters. The summed E-state index contributed by atoms with van der Waals surface area (Å²) in [5.74, 6) is 0. The van der Waals surface area contributed by atoms with Crippen LogP contribution >= 0.6 is 0 Å². The van der Waals surface area contributed by atoms with Gasteiger partial charge in [-0.2, -0.15) is 0 Å². The molecule has 0 aromatic heterocycles. The summed E-state index contributed by atoms with van der Waals surface area (Å²) in [4.78, 5) is 0. The van der Waals surface area contributed by atoms with Crippen LogP contribution in [-0.2, 0) is 0 Å². The second kappa shape index (κ2) is 24.0. The molecule has 0 N–H and O–H groups in total. The van der Waals surface area contributed by atoms with Gasteiger partial charge in [0.05, 0.1) is 0 Å². The first-order chi connectivity index (χ1) is 12.4. The van der Waals surface area contributed by atoms with Gasteiger partial charge < -0.3 is 0 Å². The number of hydrogen-bond acceptors (Lipinski definition) is 0. The highest BCUT2D eigenvalue weighted by Crippen LogP contribution is 2.14. The van der Waals surface area contributed by atoms with E-state index in [4.69, 9.17) is 0 Å². The Bertz CT molecular complexity index is 186. The van der Waals surface area contributed by atoms with Crippen molar-refractivity contribution < 1.29 is 0 Å². The molecule has 0 amide bonds. The van der Waals surface area contributed by atoms with Crippen molar-refractivity contribution in [1.29, 1.82) is 0 Å². The molecule has 1 radical (unpaired) electrons. The lowest BCUT2D eigenvalue weighted by molar-refractivity contribution is 0.536. The zero-order chi connectivity index (χ0) is 18.3. The molecule has 0 bridgehead atoms. The molecule has 0 aliphatic heterocycles. The van der Waals surface area contributed by atoms with E-state index in [9.17, 15) is 0 Å². The third-order valence-electron chi connectivity index (χ3n) is 5.52. The van der Waals surface area contributed by atoms with Crippen LogP contribution in [-0.4, -0.2) is 0 Å². The second-order valence-corrected chi connectivity index (χ2v) is 8.23. The summed E-state index contributed by atoms with van der Waals surface area (Å²) in [7, 11) is 0. The summed E-state index contributed by atoms with van der Waals surface area (Å²) in [6.07, 6.45) is 34.4. The standard InChI is InChI=1S/C25H51/c1-3-5-7-9-11-13-15-17-19-21-23-25-24-22-20-18-16-14-12-10-8-6-4-2/h19H,3-18,20-25H2,1-2H3. The van der Waals surface area contributed by atoms with E-state index in [1.165, 1.54) is 141 Å². The van der Waals surface area contributed by atoms with Gasteiger partial charge in [0.25, 0.3) is 0 Å². The van der Waals surface area contributed by atoms with Crippen LogP contribution in [0.15, 0.2) is 0 Å². The van der Waals surface area contributed by atoms with Crippen molar-refractivity contribution >= 4 is 0 Å². The molecule has 0 saturated carbocycles. The maximum atomic E-state index is 2.56. The maximum Gasteiger partial charge on any atom is -0.0386 e. The Morgan fingerprint density at radius 1 is 0.320 bits per heavy atom. The van der Waals surface area contributed by atoms with Crippen LogP contribution in [0.3, 0.4) is 0 Å². The molecular formula is C25H51. The van der Waals surface area contributed by atoms with E-state index >= 15 is 0 Å². The van der Waals surface area contributed by atoms with Crippen LogP contribution in [0.25, 0.3) is 0 Å². The molecule has 151 valence electrons. The first kappa shape index (κ1) is 25.0. The minimum atomic E-state index is 1.37. The van der Waals surface area contributed by atoms with Crippen LogP contribution in [0.4, 0.5) is 0 Å². The van der Waals surface area contributed by atoms with Crippen molar-refractivity contribution in [3.05, 3.63) is 6.42 Å². The fourth-order valence-corrected chi connectivity index (χ4v) is 3.70. The Hall–Kier alpha value is 0. The topological polar surface area (TPSA) is 0 Å². The van der Waals surface area contributed by atoms with Crippen molar-refractivity contribution in [3.8, 4) is 0 Å². The average Bonchev–Trinajstić information content (AvgIpc) is 2.63. The molecule has 0 heteroatoms. The van der Waals surface area contributed by atoms with Crippen molar-refractivity contribution in [3.63, 3.8) is 0 Å². The van der Waals surface area contributed by atoms with E-state index in [1.54, 1.807) is 0 Å². The zero-order valence-electron chi connectivity index (χ0n) is 18.1. The molecule has 0 aromatic carbocycles. The number of unbranched alkanes of at least 4 members (excludes halogenated alkanes) is 22. The summed E-state index contributed by atoms with van der Waals surface area (Å²) in [5.41, 5.74) is 0. The van der Waals surface area contributed by atoms with E-state index in [0.717, 1.165) is 0 Å². The minimum absolute atomic E-state index is 1.37. The summed E-state index contributed by atoms with van der Waals surface area (Å²) in [6, 6.07) is 0. The fourth-order valence-electron chi connectivity index (χ4n) is 3.70. The fraction of sp³-hybridized carbons (Fsp3) is 0.960. The van der Waals surface area contributed by atoms with Gasteiger partial charge in [0.1, 0.15) is 0 Å². The molecule has 0 aromatic rings.